The minimum Gasteiger partial charge on any atom is -0.449 e. The first kappa shape index (κ1) is 19.0. The summed E-state index contributed by atoms with van der Waals surface area (Å²) in [5, 5.41) is 0. The second-order valence-electron chi connectivity index (χ2n) is 6.88. The van der Waals surface area contributed by atoms with Gasteiger partial charge < -0.3 is 19.3 Å². The Morgan fingerprint density at radius 3 is 2.62 bits per heavy atom. The molecule has 0 radical (unpaired) electrons. The molecule has 2 heterocycles. The van der Waals surface area contributed by atoms with E-state index in [1.165, 1.54) is 0 Å². The van der Waals surface area contributed by atoms with E-state index in [2.05, 4.69) is 0 Å². The van der Waals surface area contributed by atoms with E-state index >= 15 is 0 Å². The van der Waals surface area contributed by atoms with Gasteiger partial charge in [-0.1, -0.05) is 30.3 Å². The van der Waals surface area contributed by atoms with Crippen LogP contribution in [0, 0.1) is 0 Å². The number of nitrogens with zero attached hydrogens (tertiary/aromatic N) is 2. The molecule has 148 valence electrons. The molecular weight excluding hydrogens is 368 g/mol. The van der Waals surface area contributed by atoms with E-state index in [1.807, 2.05) is 48.5 Å². The van der Waals surface area contributed by atoms with Crippen molar-refractivity contribution in [3.63, 3.8) is 0 Å². The van der Waals surface area contributed by atoms with Crippen molar-refractivity contribution in [2.24, 2.45) is 0 Å². The Morgan fingerprint density at radius 1 is 1.03 bits per heavy atom. The average molecular weight is 390 g/mol. The van der Waals surface area contributed by atoms with Crippen LogP contribution in [0.25, 0.3) is 12.2 Å². The fourth-order valence-corrected chi connectivity index (χ4v) is 3.31. The van der Waals surface area contributed by atoms with Gasteiger partial charge in [0.2, 0.25) is 5.91 Å². The number of carbonyl (C=O) groups is 2. The lowest BCUT2D eigenvalue weighted by molar-refractivity contribution is -0.129. The van der Waals surface area contributed by atoms with Crippen LogP contribution in [0.1, 0.15) is 11.1 Å². The number of para-hydroxylation sites is 2. The summed E-state index contributed by atoms with van der Waals surface area (Å²) in [5.74, 6) is 0.679. The molecule has 2 aromatic carbocycles. The number of benzene rings is 2. The minimum absolute atomic E-state index is 0.0268. The second kappa shape index (κ2) is 8.32. The van der Waals surface area contributed by atoms with Gasteiger partial charge in [0.1, 0.15) is 0 Å². The smallest absolute Gasteiger partial charge is 0.293 e. The fourth-order valence-electron chi connectivity index (χ4n) is 3.31. The molecule has 0 unspecified atom stereocenters. The summed E-state index contributed by atoms with van der Waals surface area (Å²) in [6.07, 6.45) is 5.07. The van der Waals surface area contributed by atoms with Gasteiger partial charge in [-0.05, 0) is 41.5 Å². The van der Waals surface area contributed by atoms with Gasteiger partial charge in [-0.15, -0.1) is 0 Å². The number of hydrogen-bond donors (Lipinski definition) is 0. The van der Waals surface area contributed by atoms with E-state index in [-0.39, 0.29) is 17.6 Å². The van der Waals surface area contributed by atoms with Crippen molar-refractivity contribution in [2.75, 3.05) is 38.3 Å². The molecule has 1 saturated heterocycles. The zero-order chi connectivity index (χ0) is 20.2. The molecule has 0 aromatic heterocycles. The molecule has 0 spiro atoms. The summed E-state index contributed by atoms with van der Waals surface area (Å²) in [7, 11) is 1.73. The van der Waals surface area contributed by atoms with Gasteiger partial charge >= 0.3 is 0 Å². The minimum atomic E-state index is -0.202. The Balaban J connectivity index is 1.52. The zero-order valence-electron chi connectivity index (χ0n) is 16.2. The quantitative estimate of drug-likeness (QED) is 0.756. The Hall–Kier alpha value is -3.38. The van der Waals surface area contributed by atoms with Crippen LogP contribution in [0.15, 0.2) is 60.4 Å². The molecule has 0 aliphatic carbocycles. The van der Waals surface area contributed by atoms with Crippen molar-refractivity contribution in [3.05, 3.63) is 71.5 Å². The van der Waals surface area contributed by atoms with Crippen LogP contribution in [0.2, 0.25) is 0 Å². The van der Waals surface area contributed by atoms with E-state index < -0.39 is 0 Å². The van der Waals surface area contributed by atoms with Crippen LogP contribution in [0.3, 0.4) is 0 Å². The van der Waals surface area contributed by atoms with E-state index in [0.717, 1.165) is 16.8 Å². The van der Waals surface area contributed by atoms with Crippen molar-refractivity contribution in [1.82, 2.24) is 4.90 Å². The van der Waals surface area contributed by atoms with Crippen molar-refractivity contribution < 1.29 is 19.1 Å². The highest BCUT2D eigenvalue weighted by Crippen LogP contribution is 2.34. The van der Waals surface area contributed by atoms with Crippen LogP contribution >= 0.6 is 0 Å². The maximum absolute atomic E-state index is 12.6. The molecule has 29 heavy (non-hydrogen) atoms. The number of hydrogen-bond acceptors (Lipinski definition) is 4. The summed E-state index contributed by atoms with van der Waals surface area (Å²) in [6, 6.07) is 15.0. The number of rotatable bonds is 3. The topological polar surface area (TPSA) is 59.1 Å². The van der Waals surface area contributed by atoms with Crippen LogP contribution < -0.4 is 9.64 Å². The molecule has 0 saturated carbocycles. The number of likely N-dealkylation sites (N-methyl/N-ethyl adjacent to an activating group) is 1. The van der Waals surface area contributed by atoms with Gasteiger partial charge in [-0.2, -0.15) is 0 Å². The third-order valence-electron chi connectivity index (χ3n) is 4.91. The summed E-state index contributed by atoms with van der Waals surface area (Å²) in [4.78, 5) is 28.2. The average Bonchev–Trinajstić information content (AvgIpc) is 2.76. The van der Waals surface area contributed by atoms with Crippen molar-refractivity contribution in [1.29, 1.82) is 0 Å². The molecule has 4 rings (SSSR count). The molecular formula is C23H22N2O4. The van der Waals surface area contributed by atoms with E-state index in [1.54, 1.807) is 35.1 Å². The fraction of sp³-hybridized carbons (Fsp3) is 0.217. The Morgan fingerprint density at radius 2 is 1.79 bits per heavy atom. The lowest BCUT2D eigenvalue weighted by Crippen LogP contribution is -2.39. The number of carbonyl (C=O) groups excluding carboxylic acids is 2. The van der Waals surface area contributed by atoms with Gasteiger partial charge in [0.15, 0.2) is 11.5 Å². The molecule has 2 aromatic rings. The van der Waals surface area contributed by atoms with Crippen LogP contribution in [0.4, 0.5) is 5.69 Å². The predicted octanol–water partition coefficient (Wildman–Crippen LogP) is 2.95. The maximum Gasteiger partial charge on any atom is 0.293 e. The van der Waals surface area contributed by atoms with Gasteiger partial charge in [0, 0.05) is 26.2 Å². The highest BCUT2D eigenvalue weighted by atomic mass is 16.5. The summed E-state index contributed by atoms with van der Waals surface area (Å²) >= 11 is 0. The molecule has 2 aliphatic heterocycles. The number of anilines is 1. The van der Waals surface area contributed by atoms with Gasteiger partial charge in [-0.3, -0.25) is 9.59 Å². The standard InChI is InChI=1S/C23H22N2O4/c1-24-19-7-2-3-8-20(19)29-21(23(24)27)16-18-6-4-5-17(15-18)9-10-22(26)25-11-13-28-14-12-25/h2-10,15-16H,11-14H2,1H3/b10-9+,21-16-. The van der Waals surface area contributed by atoms with Crippen molar-refractivity contribution in [3.8, 4) is 5.75 Å². The Kier molecular flexibility index (Phi) is 5.44. The summed E-state index contributed by atoms with van der Waals surface area (Å²) in [6.45, 7) is 2.38. The van der Waals surface area contributed by atoms with Crippen LogP contribution in [-0.4, -0.2) is 50.1 Å². The molecule has 0 bridgehead atoms. The largest absolute Gasteiger partial charge is 0.449 e. The highest BCUT2D eigenvalue weighted by molar-refractivity contribution is 6.09. The highest BCUT2D eigenvalue weighted by Gasteiger charge is 2.27. The third kappa shape index (κ3) is 4.22. The van der Waals surface area contributed by atoms with Gasteiger partial charge in [-0.25, -0.2) is 0 Å². The van der Waals surface area contributed by atoms with Gasteiger partial charge in [0.05, 0.1) is 18.9 Å². The lowest BCUT2D eigenvalue weighted by atomic mass is 10.1. The third-order valence-corrected chi connectivity index (χ3v) is 4.91. The molecule has 0 atom stereocenters. The maximum atomic E-state index is 12.6. The monoisotopic (exact) mass is 390 g/mol. The van der Waals surface area contributed by atoms with E-state index in [9.17, 15) is 9.59 Å². The molecule has 6 heteroatoms. The predicted molar refractivity (Wildman–Crippen MR) is 111 cm³/mol. The molecule has 2 aliphatic rings. The first-order valence-corrected chi connectivity index (χ1v) is 9.53. The zero-order valence-corrected chi connectivity index (χ0v) is 16.2. The van der Waals surface area contributed by atoms with Crippen LogP contribution in [-0.2, 0) is 14.3 Å². The number of morpholine rings is 1. The van der Waals surface area contributed by atoms with Gasteiger partial charge in [0.25, 0.3) is 5.91 Å². The van der Waals surface area contributed by atoms with E-state index in [4.69, 9.17) is 9.47 Å². The van der Waals surface area contributed by atoms with Crippen molar-refractivity contribution in [2.45, 2.75) is 0 Å². The Labute approximate surface area is 169 Å². The summed E-state index contributed by atoms with van der Waals surface area (Å²) < 4.78 is 11.1. The molecule has 6 nitrogen and oxygen atoms in total. The molecule has 1 fully saturated rings. The van der Waals surface area contributed by atoms with Crippen molar-refractivity contribution >= 4 is 29.7 Å². The number of ether oxygens (including phenoxy) is 2. The first-order chi connectivity index (χ1) is 14.1. The lowest BCUT2D eigenvalue weighted by Gasteiger charge is -2.27. The Bertz CT molecular complexity index is 990. The second-order valence-corrected chi connectivity index (χ2v) is 6.88. The first-order valence-electron chi connectivity index (χ1n) is 9.53. The SMILES string of the molecule is CN1C(=O)/C(=C/c2cccc(/C=C/C(=O)N3CCOCC3)c2)Oc2ccccc21. The normalized spacial score (nSPS) is 18.1. The number of fused-ring (bicyclic) bond motifs is 1. The van der Waals surface area contributed by atoms with Crippen LogP contribution in [0.5, 0.6) is 5.75 Å². The molecule has 0 N–H and O–H groups in total. The number of amides is 2. The van der Waals surface area contributed by atoms with E-state index in [0.29, 0.717) is 32.1 Å². The molecule has 2 amide bonds. The summed E-state index contributed by atoms with van der Waals surface area (Å²) in [5.41, 5.74) is 2.44.